The molecule has 0 aliphatic rings. The van der Waals surface area contributed by atoms with E-state index in [-0.39, 0.29) is 32.1 Å². The van der Waals surface area contributed by atoms with E-state index >= 15 is 0 Å². The number of amides is 2. The maximum absolute atomic E-state index is 11.7. The van der Waals surface area contributed by atoms with E-state index in [9.17, 15) is 14.4 Å². The van der Waals surface area contributed by atoms with Crippen LogP contribution in [-0.4, -0.2) is 30.9 Å². The minimum atomic E-state index is -0.568. The van der Waals surface area contributed by atoms with Crippen molar-refractivity contribution in [2.24, 2.45) is 5.73 Å². The zero-order valence-corrected chi connectivity index (χ0v) is 14.2. The quantitative estimate of drug-likeness (QED) is 0.657. The van der Waals surface area contributed by atoms with Crippen LogP contribution < -0.4 is 15.8 Å². The number of rotatable bonds is 9. The SMILES string of the molecule is NC(=O)COc1cccc(COC(=O)CCNC(=O)c2ccsc2)c1. The van der Waals surface area contributed by atoms with E-state index in [4.69, 9.17) is 15.2 Å². The topological polar surface area (TPSA) is 108 Å². The molecule has 0 bridgehead atoms. The van der Waals surface area contributed by atoms with Gasteiger partial charge in [0.05, 0.1) is 6.42 Å². The second-order valence-corrected chi connectivity index (χ2v) is 5.86. The molecule has 0 saturated heterocycles. The molecule has 0 aliphatic heterocycles. The first-order valence-corrected chi connectivity index (χ1v) is 8.45. The number of hydrogen-bond acceptors (Lipinski definition) is 6. The Morgan fingerprint density at radius 2 is 2.04 bits per heavy atom. The average molecular weight is 362 g/mol. The maximum atomic E-state index is 11.7. The molecule has 0 unspecified atom stereocenters. The van der Waals surface area contributed by atoms with E-state index in [0.29, 0.717) is 11.3 Å². The zero-order chi connectivity index (χ0) is 18.1. The summed E-state index contributed by atoms with van der Waals surface area (Å²) in [6.07, 6.45) is 0.0771. The summed E-state index contributed by atoms with van der Waals surface area (Å²) in [6.45, 7) is 0.0629. The molecule has 3 N–H and O–H groups in total. The molecule has 2 aromatic rings. The first kappa shape index (κ1) is 18.5. The van der Waals surface area contributed by atoms with Crippen LogP contribution in [-0.2, 0) is 20.9 Å². The molecule has 8 heteroatoms. The molecule has 2 amide bonds. The van der Waals surface area contributed by atoms with Gasteiger partial charge in [-0.1, -0.05) is 12.1 Å². The third-order valence-electron chi connectivity index (χ3n) is 3.08. The standard InChI is InChI=1S/C17H18N2O5S/c18-15(20)10-23-14-3-1-2-12(8-14)9-24-16(21)4-6-19-17(22)13-5-7-25-11-13/h1-3,5,7-8,11H,4,6,9-10H2,(H2,18,20)(H,19,22). The van der Waals surface area contributed by atoms with Crippen molar-refractivity contribution in [3.63, 3.8) is 0 Å². The van der Waals surface area contributed by atoms with E-state index < -0.39 is 11.9 Å². The van der Waals surface area contributed by atoms with Crippen LogP contribution in [0.4, 0.5) is 0 Å². The molecule has 0 fully saturated rings. The summed E-state index contributed by atoms with van der Waals surface area (Å²) in [5.74, 6) is -0.737. The van der Waals surface area contributed by atoms with E-state index in [1.165, 1.54) is 11.3 Å². The molecule has 0 aliphatic carbocycles. The molecule has 1 aromatic carbocycles. The number of primary amides is 1. The van der Waals surface area contributed by atoms with Crippen molar-refractivity contribution < 1.29 is 23.9 Å². The van der Waals surface area contributed by atoms with Gasteiger partial charge in [0.15, 0.2) is 6.61 Å². The predicted molar refractivity (Wildman–Crippen MR) is 92.2 cm³/mol. The van der Waals surface area contributed by atoms with Gasteiger partial charge < -0.3 is 20.5 Å². The second-order valence-electron chi connectivity index (χ2n) is 5.08. The average Bonchev–Trinajstić information content (AvgIpc) is 3.13. The fraction of sp³-hybridized carbons (Fsp3) is 0.235. The van der Waals surface area contributed by atoms with Gasteiger partial charge in [0.1, 0.15) is 12.4 Å². The highest BCUT2D eigenvalue weighted by atomic mass is 32.1. The zero-order valence-electron chi connectivity index (χ0n) is 13.4. The molecule has 132 valence electrons. The fourth-order valence-electron chi connectivity index (χ4n) is 1.89. The van der Waals surface area contributed by atoms with Gasteiger partial charge in [-0.05, 0) is 29.1 Å². The molecular formula is C17H18N2O5S. The maximum Gasteiger partial charge on any atom is 0.307 e. The Kier molecular flexibility index (Phi) is 6.97. The van der Waals surface area contributed by atoms with E-state index in [2.05, 4.69) is 5.32 Å². The summed E-state index contributed by atoms with van der Waals surface area (Å²) in [5.41, 5.74) is 6.31. The smallest absolute Gasteiger partial charge is 0.307 e. The molecule has 7 nitrogen and oxygen atoms in total. The lowest BCUT2D eigenvalue weighted by Crippen LogP contribution is -2.26. The molecule has 0 radical (unpaired) electrons. The van der Waals surface area contributed by atoms with Crippen LogP contribution in [0.1, 0.15) is 22.3 Å². The van der Waals surface area contributed by atoms with Crippen LogP contribution in [0, 0.1) is 0 Å². The summed E-state index contributed by atoms with van der Waals surface area (Å²) in [6, 6.07) is 8.54. The highest BCUT2D eigenvalue weighted by Gasteiger charge is 2.08. The molecule has 25 heavy (non-hydrogen) atoms. The molecular weight excluding hydrogens is 344 g/mol. The first-order chi connectivity index (χ1) is 12.0. The van der Waals surface area contributed by atoms with Crippen molar-refractivity contribution >= 4 is 29.1 Å². The highest BCUT2D eigenvalue weighted by molar-refractivity contribution is 7.08. The lowest BCUT2D eigenvalue weighted by atomic mass is 10.2. The van der Waals surface area contributed by atoms with E-state index in [0.717, 1.165) is 5.56 Å². The van der Waals surface area contributed by atoms with Crippen molar-refractivity contribution in [3.8, 4) is 5.75 Å². The highest BCUT2D eigenvalue weighted by Crippen LogP contribution is 2.14. The summed E-state index contributed by atoms with van der Waals surface area (Å²) < 4.78 is 10.3. The Labute approximate surface area is 148 Å². The number of carbonyl (C=O) groups excluding carboxylic acids is 3. The van der Waals surface area contributed by atoms with Crippen LogP contribution in [0.25, 0.3) is 0 Å². The van der Waals surface area contributed by atoms with Gasteiger partial charge >= 0.3 is 5.97 Å². The predicted octanol–water partition coefficient (Wildman–Crippen LogP) is 1.48. The Morgan fingerprint density at radius 3 is 2.76 bits per heavy atom. The van der Waals surface area contributed by atoms with Crippen LogP contribution in [0.2, 0.25) is 0 Å². The number of carbonyl (C=O) groups is 3. The van der Waals surface area contributed by atoms with Crippen molar-refractivity contribution in [1.29, 1.82) is 0 Å². The fourth-order valence-corrected chi connectivity index (χ4v) is 2.53. The second kappa shape index (κ2) is 9.43. The summed E-state index contributed by atoms with van der Waals surface area (Å²) in [5, 5.41) is 6.20. The Morgan fingerprint density at radius 1 is 1.20 bits per heavy atom. The van der Waals surface area contributed by atoms with Crippen molar-refractivity contribution in [1.82, 2.24) is 5.32 Å². The molecule has 0 saturated carbocycles. The summed E-state index contributed by atoms with van der Waals surface area (Å²) in [4.78, 5) is 34.1. The number of benzene rings is 1. The molecule has 1 aromatic heterocycles. The van der Waals surface area contributed by atoms with Gasteiger partial charge in [-0.15, -0.1) is 0 Å². The van der Waals surface area contributed by atoms with Crippen LogP contribution in [0.5, 0.6) is 5.75 Å². The number of thiophene rings is 1. The van der Waals surface area contributed by atoms with Crippen molar-refractivity contribution in [2.75, 3.05) is 13.2 Å². The van der Waals surface area contributed by atoms with Crippen molar-refractivity contribution in [2.45, 2.75) is 13.0 Å². The molecule has 0 atom stereocenters. The Balaban J connectivity index is 1.70. The lowest BCUT2D eigenvalue weighted by molar-refractivity contribution is -0.144. The molecule has 1 heterocycles. The van der Waals surface area contributed by atoms with Gasteiger partial charge in [0.2, 0.25) is 0 Å². The first-order valence-electron chi connectivity index (χ1n) is 7.50. The third kappa shape index (κ3) is 6.64. The summed E-state index contributed by atoms with van der Waals surface area (Å²) in [7, 11) is 0. The number of hydrogen-bond donors (Lipinski definition) is 2. The van der Waals surface area contributed by atoms with Crippen LogP contribution >= 0.6 is 11.3 Å². The number of nitrogens with two attached hydrogens (primary N) is 1. The lowest BCUT2D eigenvalue weighted by Gasteiger charge is -2.08. The van der Waals surface area contributed by atoms with E-state index in [1.807, 2.05) is 5.38 Å². The Hall–Kier alpha value is -2.87. The third-order valence-corrected chi connectivity index (χ3v) is 3.76. The van der Waals surface area contributed by atoms with Crippen LogP contribution in [0.15, 0.2) is 41.1 Å². The largest absolute Gasteiger partial charge is 0.484 e. The minimum Gasteiger partial charge on any atom is -0.484 e. The van der Waals surface area contributed by atoms with Gasteiger partial charge in [-0.25, -0.2) is 0 Å². The van der Waals surface area contributed by atoms with Crippen molar-refractivity contribution in [3.05, 3.63) is 52.2 Å². The number of ether oxygens (including phenoxy) is 2. The summed E-state index contributed by atoms with van der Waals surface area (Å²) >= 11 is 1.43. The van der Waals surface area contributed by atoms with Gasteiger partial charge in [0.25, 0.3) is 11.8 Å². The van der Waals surface area contributed by atoms with Gasteiger partial charge in [-0.3, -0.25) is 14.4 Å². The number of nitrogens with one attached hydrogen (secondary N) is 1. The minimum absolute atomic E-state index is 0.0745. The Bertz CT molecular complexity index is 730. The normalized spacial score (nSPS) is 10.1. The monoisotopic (exact) mass is 362 g/mol. The van der Waals surface area contributed by atoms with E-state index in [1.54, 1.807) is 35.7 Å². The van der Waals surface area contributed by atoms with Gasteiger partial charge in [0, 0.05) is 17.5 Å². The van der Waals surface area contributed by atoms with Crippen LogP contribution in [0.3, 0.4) is 0 Å². The number of esters is 1. The molecule has 2 rings (SSSR count). The molecule has 0 spiro atoms. The van der Waals surface area contributed by atoms with Gasteiger partial charge in [-0.2, -0.15) is 11.3 Å².